The summed E-state index contributed by atoms with van der Waals surface area (Å²) in [5.41, 5.74) is 1.45. The first-order chi connectivity index (χ1) is 6.13. The fraction of sp³-hybridized carbons (Fsp3) is 0.778. The summed E-state index contributed by atoms with van der Waals surface area (Å²) in [5.74, 6) is 0. The average molecular weight is 223 g/mol. The maximum Gasteiger partial charge on any atom is 0.0434 e. The molecule has 0 bridgehead atoms. The molecule has 4 heteroatoms. The molecule has 1 N–H and O–H groups in total. The molecule has 2 atom stereocenters. The molecular formula is C9H16Cl2N2. The van der Waals surface area contributed by atoms with E-state index in [1.54, 1.807) is 0 Å². The van der Waals surface area contributed by atoms with Crippen molar-refractivity contribution < 1.29 is 0 Å². The summed E-state index contributed by atoms with van der Waals surface area (Å²) in [4.78, 5) is 2.34. The van der Waals surface area contributed by atoms with E-state index in [0.29, 0.717) is 17.1 Å². The van der Waals surface area contributed by atoms with Gasteiger partial charge in [-0.1, -0.05) is 23.2 Å². The van der Waals surface area contributed by atoms with Crippen LogP contribution in [0.5, 0.6) is 0 Å². The van der Waals surface area contributed by atoms with Gasteiger partial charge in [0.15, 0.2) is 0 Å². The number of hydrogen-bond donors (Lipinski definition) is 1. The molecule has 1 saturated heterocycles. The van der Waals surface area contributed by atoms with Gasteiger partial charge >= 0.3 is 0 Å². The highest BCUT2D eigenvalue weighted by atomic mass is 35.5. The molecule has 0 aromatic carbocycles. The van der Waals surface area contributed by atoms with Crippen LogP contribution in [-0.4, -0.2) is 36.6 Å². The third-order valence-electron chi connectivity index (χ3n) is 2.37. The highest BCUT2D eigenvalue weighted by Crippen LogP contribution is 2.12. The quantitative estimate of drug-likeness (QED) is 0.770. The maximum absolute atomic E-state index is 5.88. The summed E-state index contributed by atoms with van der Waals surface area (Å²) in [6.07, 6.45) is 0. The van der Waals surface area contributed by atoms with Crippen LogP contribution in [0.4, 0.5) is 0 Å². The molecule has 13 heavy (non-hydrogen) atoms. The van der Waals surface area contributed by atoms with Crippen LogP contribution in [-0.2, 0) is 0 Å². The third-order valence-corrected chi connectivity index (χ3v) is 2.97. The number of rotatable bonds is 2. The van der Waals surface area contributed by atoms with Crippen molar-refractivity contribution in [2.75, 3.05) is 19.6 Å². The molecular weight excluding hydrogens is 207 g/mol. The van der Waals surface area contributed by atoms with Crippen LogP contribution >= 0.6 is 23.2 Å². The summed E-state index contributed by atoms with van der Waals surface area (Å²) in [6.45, 7) is 7.18. The van der Waals surface area contributed by atoms with E-state index in [9.17, 15) is 0 Å². The van der Waals surface area contributed by atoms with E-state index in [1.165, 1.54) is 5.54 Å². The van der Waals surface area contributed by atoms with Crippen LogP contribution in [0.15, 0.2) is 10.6 Å². The molecule has 76 valence electrons. The lowest BCUT2D eigenvalue weighted by molar-refractivity contribution is 0.161. The number of nitrogens with zero attached hydrogens (tertiary/aromatic N) is 1. The number of hydrogen-bond acceptors (Lipinski definition) is 2. The van der Waals surface area contributed by atoms with Crippen molar-refractivity contribution in [1.29, 1.82) is 0 Å². The summed E-state index contributed by atoms with van der Waals surface area (Å²) < 4.78 is 0. The van der Waals surface area contributed by atoms with Gasteiger partial charge in [-0.05, 0) is 13.8 Å². The van der Waals surface area contributed by atoms with Gasteiger partial charge in [-0.3, -0.25) is 4.90 Å². The Morgan fingerprint density at radius 1 is 1.62 bits per heavy atom. The topological polar surface area (TPSA) is 15.3 Å². The molecule has 1 aliphatic rings. The van der Waals surface area contributed by atoms with Crippen molar-refractivity contribution in [2.24, 2.45) is 0 Å². The lowest BCUT2D eigenvalue weighted by Gasteiger charge is -2.37. The van der Waals surface area contributed by atoms with Crippen LogP contribution in [0.3, 0.4) is 0 Å². The highest BCUT2D eigenvalue weighted by Gasteiger charge is 2.22. The van der Waals surface area contributed by atoms with Gasteiger partial charge in [0.25, 0.3) is 0 Å². The largest absolute Gasteiger partial charge is 0.311 e. The van der Waals surface area contributed by atoms with Crippen LogP contribution in [0.1, 0.15) is 13.8 Å². The Balaban J connectivity index is 2.46. The summed E-state index contributed by atoms with van der Waals surface area (Å²) >= 11 is 11.4. The van der Waals surface area contributed by atoms with Crippen molar-refractivity contribution in [2.45, 2.75) is 25.9 Å². The van der Waals surface area contributed by atoms with Crippen LogP contribution in [0.2, 0.25) is 0 Å². The standard InChI is InChI=1S/C9H16Cl2N2/c1-7-5-13(6-9(11)3-10)8(2)4-12-7/h3,7-8,12H,4-6H2,1-2H3. The SMILES string of the molecule is CC1CN(CC(Cl)=CCl)C(C)CN1. The van der Waals surface area contributed by atoms with E-state index in [-0.39, 0.29) is 0 Å². The fourth-order valence-corrected chi connectivity index (χ4v) is 1.77. The smallest absolute Gasteiger partial charge is 0.0434 e. The van der Waals surface area contributed by atoms with E-state index in [1.807, 2.05) is 0 Å². The zero-order chi connectivity index (χ0) is 9.84. The molecule has 0 radical (unpaired) electrons. The van der Waals surface area contributed by atoms with Gasteiger partial charge in [0.1, 0.15) is 0 Å². The number of piperazine rings is 1. The van der Waals surface area contributed by atoms with E-state index < -0.39 is 0 Å². The predicted octanol–water partition coefficient (Wildman–Crippen LogP) is 1.99. The first kappa shape index (κ1) is 11.3. The van der Waals surface area contributed by atoms with Gasteiger partial charge in [0.2, 0.25) is 0 Å². The molecule has 1 aliphatic heterocycles. The second kappa shape index (κ2) is 5.20. The highest BCUT2D eigenvalue weighted by molar-refractivity contribution is 6.36. The minimum Gasteiger partial charge on any atom is -0.311 e. The van der Waals surface area contributed by atoms with E-state index in [2.05, 4.69) is 24.1 Å². The Hall–Kier alpha value is 0.240. The second-order valence-electron chi connectivity index (χ2n) is 3.64. The molecule has 0 aliphatic carbocycles. The van der Waals surface area contributed by atoms with Gasteiger partial charge in [-0.25, -0.2) is 0 Å². The van der Waals surface area contributed by atoms with E-state index in [0.717, 1.165) is 19.6 Å². The Bertz CT molecular complexity index is 194. The average Bonchev–Trinajstić information content (AvgIpc) is 2.11. The Morgan fingerprint density at radius 2 is 2.31 bits per heavy atom. The molecule has 1 fully saturated rings. The van der Waals surface area contributed by atoms with Crippen LogP contribution in [0.25, 0.3) is 0 Å². The Morgan fingerprint density at radius 3 is 2.92 bits per heavy atom. The van der Waals surface area contributed by atoms with Crippen LogP contribution in [0, 0.1) is 0 Å². The van der Waals surface area contributed by atoms with Gasteiger partial charge < -0.3 is 5.32 Å². The number of nitrogens with one attached hydrogen (secondary N) is 1. The first-order valence-corrected chi connectivity index (χ1v) is 5.37. The molecule has 0 aromatic rings. The zero-order valence-electron chi connectivity index (χ0n) is 8.06. The zero-order valence-corrected chi connectivity index (χ0v) is 9.57. The summed E-state index contributed by atoms with van der Waals surface area (Å²) in [6, 6.07) is 1.07. The fourth-order valence-electron chi connectivity index (χ4n) is 1.55. The van der Waals surface area contributed by atoms with Crippen molar-refractivity contribution in [3.05, 3.63) is 10.6 Å². The van der Waals surface area contributed by atoms with E-state index >= 15 is 0 Å². The summed E-state index contributed by atoms with van der Waals surface area (Å²) in [5, 5.41) is 4.13. The first-order valence-electron chi connectivity index (χ1n) is 4.55. The predicted molar refractivity (Wildman–Crippen MR) is 58.3 cm³/mol. The monoisotopic (exact) mass is 222 g/mol. The molecule has 1 heterocycles. The second-order valence-corrected chi connectivity index (χ2v) is 4.35. The number of halogens is 2. The minimum atomic E-state index is 0.529. The molecule has 0 amide bonds. The molecule has 0 spiro atoms. The van der Waals surface area contributed by atoms with Gasteiger partial charge in [-0.2, -0.15) is 0 Å². The normalized spacial score (nSPS) is 32.2. The van der Waals surface area contributed by atoms with Crippen molar-refractivity contribution in [3.8, 4) is 0 Å². The molecule has 1 rings (SSSR count). The molecule has 0 saturated carbocycles. The minimum absolute atomic E-state index is 0.529. The van der Waals surface area contributed by atoms with Crippen molar-refractivity contribution in [3.63, 3.8) is 0 Å². The van der Waals surface area contributed by atoms with Crippen LogP contribution < -0.4 is 5.32 Å². The van der Waals surface area contributed by atoms with Gasteiger partial charge in [0.05, 0.1) is 0 Å². The summed E-state index contributed by atoms with van der Waals surface area (Å²) in [7, 11) is 0. The van der Waals surface area contributed by atoms with Gasteiger partial charge in [0, 0.05) is 42.3 Å². The van der Waals surface area contributed by atoms with Crippen molar-refractivity contribution >= 4 is 23.2 Å². The molecule has 2 unspecified atom stereocenters. The van der Waals surface area contributed by atoms with Gasteiger partial charge in [-0.15, -0.1) is 0 Å². The Kier molecular flexibility index (Phi) is 4.53. The maximum atomic E-state index is 5.88. The lowest BCUT2D eigenvalue weighted by atomic mass is 10.1. The van der Waals surface area contributed by atoms with E-state index in [4.69, 9.17) is 23.2 Å². The molecule has 0 aromatic heterocycles. The Labute approximate surface area is 89.9 Å². The lowest BCUT2D eigenvalue weighted by Crippen LogP contribution is -2.54. The van der Waals surface area contributed by atoms with Crippen molar-refractivity contribution in [1.82, 2.24) is 10.2 Å². The molecule has 2 nitrogen and oxygen atoms in total. The third kappa shape index (κ3) is 3.47.